The van der Waals surface area contributed by atoms with E-state index in [0.717, 1.165) is 18.7 Å². The number of carbonyl (C=O) groups excluding carboxylic acids is 2. The summed E-state index contributed by atoms with van der Waals surface area (Å²) in [5.74, 6) is 1.74. The first-order chi connectivity index (χ1) is 10.3. The summed E-state index contributed by atoms with van der Waals surface area (Å²) < 4.78 is 10.8. The lowest BCUT2D eigenvalue weighted by Crippen LogP contribution is -2.23. The first kappa shape index (κ1) is 13.4. The number of nitrogens with zero attached hydrogens (tertiary/aromatic N) is 1. The zero-order valence-electron chi connectivity index (χ0n) is 11.5. The van der Waals surface area contributed by atoms with Gasteiger partial charge < -0.3 is 14.1 Å². The number of benzene rings is 1. The Bertz CT molecular complexity index is 645. The smallest absolute Gasteiger partial charge is 0.227 e. The zero-order chi connectivity index (χ0) is 14.7. The fourth-order valence-corrected chi connectivity index (χ4v) is 2.33. The van der Waals surface area contributed by atoms with Gasteiger partial charge in [-0.3, -0.25) is 9.59 Å². The second-order valence-corrected chi connectivity index (χ2v) is 4.85. The average molecular weight is 285 g/mol. The molecule has 1 amide bonds. The molecule has 0 N–H and O–H groups in total. The molecule has 1 fully saturated rings. The number of carbonyl (C=O) groups is 2. The van der Waals surface area contributed by atoms with Gasteiger partial charge in [-0.05, 0) is 42.8 Å². The number of hydrogen-bond donors (Lipinski definition) is 0. The van der Waals surface area contributed by atoms with Gasteiger partial charge in [-0.25, -0.2) is 0 Å². The van der Waals surface area contributed by atoms with Crippen LogP contribution in [-0.4, -0.2) is 18.7 Å². The van der Waals surface area contributed by atoms with Crippen LogP contribution in [0.15, 0.2) is 40.8 Å². The van der Waals surface area contributed by atoms with E-state index in [0.29, 0.717) is 24.2 Å². The molecule has 21 heavy (non-hydrogen) atoms. The second kappa shape index (κ2) is 5.83. The molecule has 5 nitrogen and oxygen atoms in total. The van der Waals surface area contributed by atoms with Crippen LogP contribution in [0.4, 0.5) is 5.69 Å². The molecule has 1 aromatic heterocycles. The van der Waals surface area contributed by atoms with Crippen molar-refractivity contribution in [3.8, 4) is 5.75 Å². The Kier molecular flexibility index (Phi) is 3.73. The second-order valence-electron chi connectivity index (χ2n) is 4.85. The predicted octanol–water partition coefficient (Wildman–Crippen LogP) is 2.80. The molecule has 0 saturated carbocycles. The van der Waals surface area contributed by atoms with Crippen molar-refractivity contribution in [1.29, 1.82) is 0 Å². The molecule has 0 spiro atoms. The van der Waals surface area contributed by atoms with E-state index >= 15 is 0 Å². The minimum atomic E-state index is 0.167. The first-order valence-corrected chi connectivity index (χ1v) is 6.83. The fraction of sp³-hybridized carbons (Fsp3) is 0.250. The molecule has 2 aromatic rings. The maximum atomic E-state index is 11.7. The monoisotopic (exact) mass is 285 g/mol. The Morgan fingerprint density at radius 1 is 1.19 bits per heavy atom. The van der Waals surface area contributed by atoms with E-state index in [1.165, 1.54) is 0 Å². The summed E-state index contributed by atoms with van der Waals surface area (Å²) in [5, 5.41) is 0. The van der Waals surface area contributed by atoms with Gasteiger partial charge in [-0.2, -0.15) is 0 Å². The van der Waals surface area contributed by atoms with Crippen molar-refractivity contribution in [2.24, 2.45) is 0 Å². The van der Waals surface area contributed by atoms with Crippen LogP contribution in [0.1, 0.15) is 29.2 Å². The maximum Gasteiger partial charge on any atom is 0.227 e. The van der Waals surface area contributed by atoms with Crippen LogP contribution in [0.5, 0.6) is 5.75 Å². The minimum Gasteiger partial charge on any atom is -0.486 e. The number of rotatable bonds is 5. The van der Waals surface area contributed by atoms with E-state index in [1.54, 1.807) is 17.0 Å². The highest BCUT2D eigenvalue weighted by Gasteiger charge is 2.21. The minimum absolute atomic E-state index is 0.167. The summed E-state index contributed by atoms with van der Waals surface area (Å²) in [5.41, 5.74) is 0.895. The molecular weight excluding hydrogens is 270 g/mol. The van der Waals surface area contributed by atoms with Gasteiger partial charge in [-0.15, -0.1) is 0 Å². The molecule has 1 aliphatic rings. The van der Waals surface area contributed by atoms with Gasteiger partial charge in [0.2, 0.25) is 5.91 Å². The number of anilines is 1. The summed E-state index contributed by atoms with van der Waals surface area (Å²) in [4.78, 5) is 24.0. The lowest BCUT2D eigenvalue weighted by molar-refractivity contribution is -0.117. The maximum absolute atomic E-state index is 11.7. The third kappa shape index (κ3) is 2.97. The molecule has 5 heteroatoms. The van der Waals surface area contributed by atoms with Crippen LogP contribution >= 0.6 is 0 Å². The molecule has 1 aromatic carbocycles. The van der Waals surface area contributed by atoms with Crippen molar-refractivity contribution >= 4 is 17.9 Å². The Morgan fingerprint density at radius 3 is 2.62 bits per heavy atom. The van der Waals surface area contributed by atoms with Crippen LogP contribution in [0.3, 0.4) is 0 Å². The van der Waals surface area contributed by atoms with Crippen LogP contribution in [0.2, 0.25) is 0 Å². The van der Waals surface area contributed by atoms with Crippen LogP contribution < -0.4 is 9.64 Å². The molecule has 2 heterocycles. The summed E-state index contributed by atoms with van der Waals surface area (Å²) in [6, 6.07) is 10.7. The topological polar surface area (TPSA) is 59.8 Å². The van der Waals surface area contributed by atoms with Crippen LogP contribution in [0.25, 0.3) is 0 Å². The van der Waals surface area contributed by atoms with E-state index < -0.39 is 0 Å². The quantitative estimate of drug-likeness (QED) is 0.793. The largest absolute Gasteiger partial charge is 0.486 e. The van der Waals surface area contributed by atoms with Gasteiger partial charge in [0.05, 0.1) is 0 Å². The fourth-order valence-electron chi connectivity index (χ4n) is 2.33. The molecule has 0 aliphatic carbocycles. The highest BCUT2D eigenvalue weighted by atomic mass is 16.5. The lowest BCUT2D eigenvalue weighted by atomic mass is 10.3. The van der Waals surface area contributed by atoms with Crippen molar-refractivity contribution in [3.63, 3.8) is 0 Å². The molecule has 3 rings (SSSR count). The number of hydrogen-bond acceptors (Lipinski definition) is 4. The van der Waals surface area contributed by atoms with Gasteiger partial charge >= 0.3 is 0 Å². The zero-order valence-corrected chi connectivity index (χ0v) is 11.5. The number of furan rings is 1. The Morgan fingerprint density at radius 2 is 2.00 bits per heavy atom. The van der Waals surface area contributed by atoms with Crippen molar-refractivity contribution in [2.75, 3.05) is 11.4 Å². The van der Waals surface area contributed by atoms with Crippen molar-refractivity contribution < 1.29 is 18.7 Å². The summed E-state index contributed by atoms with van der Waals surface area (Å²) in [6.07, 6.45) is 2.19. The highest BCUT2D eigenvalue weighted by molar-refractivity contribution is 5.95. The van der Waals surface area contributed by atoms with Gasteiger partial charge in [0.25, 0.3) is 0 Å². The van der Waals surface area contributed by atoms with E-state index in [-0.39, 0.29) is 18.3 Å². The van der Waals surface area contributed by atoms with Crippen molar-refractivity contribution in [1.82, 2.24) is 0 Å². The molecule has 0 radical (unpaired) electrons. The number of aldehydes is 1. The van der Waals surface area contributed by atoms with E-state index in [9.17, 15) is 9.59 Å². The van der Waals surface area contributed by atoms with Crippen LogP contribution in [-0.2, 0) is 11.4 Å². The highest BCUT2D eigenvalue weighted by Crippen LogP contribution is 2.24. The molecular formula is C16H15NO4. The van der Waals surface area contributed by atoms with Crippen molar-refractivity contribution in [2.45, 2.75) is 19.4 Å². The molecule has 108 valence electrons. The Labute approximate surface area is 122 Å². The number of ether oxygens (including phenoxy) is 1. The first-order valence-electron chi connectivity index (χ1n) is 6.83. The SMILES string of the molecule is O=Cc1ccc(COc2ccc(N3CCCC3=O)cc2)o1. The molecule has 1 aliphatic heterocycles. The normalized spacial score (nSPS) is 14.5. The van der Waals surface area contributed by atoms with E-state index in [1.807, 2.05) is 24.3 Å². The Hall–Kier alpha value is -2.56. The standard InChI is InChI=1S/C16H15NO4/c18-10-14-7-8-15(21-14)11-20-13-5-3-12(4-6-13)17-9-1-2-16(17)19/h3-8,10H,1-2,9,11H2. The van der Waals surface area contributed by atoms with Gasteiger partial charge in [0, 0.05) is 18.7 Å². The molecule has 0 bridgehead atoms. The summed E-state index contributed by atoms with van der Waals surface area (Å²) in [6.45, 7) is 1.04. The van der Waals surface area contributed by atoms with E-state index in [4.69, 9.17) is 9.15 Å². The van der Waals surface area contributed by atoms with Crippen LogP contribution in [0, 0.1) is 0 Å². The van der Waals surface area contributed by atoms with Crippen molar-refractivity contribution in [3.05, 3.63) is 47.9 Å². The van der Waals surface area contributed by atoms with Gasteiger partial charge in [0.15, 0.2) is 12.0 Å². The third-order valence-electron chi connectivity index (χ3n) is 3.40. The molecule has 1 saturated heterocycles. The number of amides is 1. The van der Waals surface area contributed by atoms with Gasteiger partial charge in [-0.1, -0.05) is 0 Å². The van der Waals surface area contributed by atoms with E-state index in [2.05, 4.69) is 0 Å². The molecule has 0 atom stereocenters. The third-order valence-corrected chi connectivity index (χ3v) is 3.40. The lowest BCUT2D eigenvalue weighted by Gasteiger charge is -2.15. The predicted molar refractivity (Wildman–Crippen MR) is 76.5 cm³/mol. The molecule has 0 unspecified atom stereocenters. The summed E-state index contributed by atoms with van der Waals surface area (Å²) >= 11 is 0. The summed E-state index contributed by atoms with van der Waals surface area (Å²) in [7, 11) is 0. The van der Waals surface area contributed by atoms with Gasteiger partial charge in [0.1, 0.15) is 18.1 Å². The average Bonchev–Trinajstić information content (AvgIpc) is 3.14. The Balaban J connectivity index is 1.61.